The van der Waals surface area contributed by atoms with E-state index in [4.69, 9.17) is 28.2 Å². The van der Waals surface area contributed by atoms with E-state index in [0.29, 0.717) is 28.0 Å². The number of rotatable bonds is 4. The molecule has 6 nitrogen and oxygen atoms in total. The second kappa shape index (κ2) is 8.06. The minimum absolute atomic E-state index is 0.376. The summed E-state index contributed by atoms with van der Waals surface area (Å²) in [6.45, 7) is 2.43. The van der Waals surface area contributed by atoms with Crippen molar-refractivity contribution < 1.29 is 4.42 Å². The fraction of sp³-hybridized carbons (Fsp3) is 0.0952. The molecule has 2 aromatic heterocycles. The number of fused-ring (bicyclic) bond motifs is 1. The lowest BCUT2D eigenvalue weighted by molar-refractivity contribution is 0.560. The van der Waals surface area contributed by atoms with Gasteiger partial charge >= 0.3 is 5.63 Å². The van der Waals surface area contributed by atoms with Gasteiger partial charge in [0.05, 0.1) is 18.4 Å². The van der Waals surface area contributed by atoms with Gasteiger partial charge in [0.2, 0.25) is 0 Å². The van der Waals surface area contributed by atoms with Crippen LogP contribution in [0.4, 0.5) is 11.4 Å². The Morgan fingerprint density at radius 1 is 1.17 bits per heavy atom. The highest BCUT2D eigenvalue weighted by Gasteiger charge is 2.07. The number of hydrogen-bond donors (Lipinski definition) is 2. The number of aromatic nitrogens is 2. The van der Waals surface area contributed by atoms with E-state index in [0.717, 1.165) is 22.2 Å². The molecule has 0 aliphatic rings. The first-order valence-corrected chi connectivity index (χ1v) is 9.65. The highest BCUT2D eigenvalue weighted by Crippen LogP contribution is 2.21. The maximum atomic E-state index is 11.6. The van der Waals surface area contributed by atoms with Gasteiger partial charge in [0.15, 0.2) is 5.11 Å². The van der Waals surface area contributed by atoms with Gasteiger partial charge < -0.3 is 15.1 Å². The van der Waals surface area contributed by atoms with Gasteiger partial charge in [0, 0.05) is 34.4 Å². The third kappa shape index (κ3) is 4.47. The number of halogens is 1. The molecule has 146 valence electrons. The van der Waals surface area contributed by atoms with Crippen molar-refractivity contribution in [1.29, 1.82) is 0 Å². The number of thiocarbonyl (C=S) groups is 1. The van der Waals surface area contributed by atoms with Gasteiger partial charge in [0.25, 0.3) is 0 Å². The van der Waals surface area contributed by atoms with Crippen LogP contribution in [0.5, 0.6) is 0 Å². The molecule has 0 saturated heterocycles. The Labute approximate surface area is 177 Å². The molecule has 0 aliphatic carbocycles. The molecular weight excluding hydrogens is 408 g/mol. The normalized spacial score (nSPS) is 10.8. The summed E-state index contributed by atoms with van der Waals surface area (Å²) < 4.78 is 7.05. The molecule has 4 rings (SSSR count). The van der Waals surface area contributed by atoms with Crippen LogP contribution >= 0.6 is 23.8 Å². The lowest BCUT2D eigenvalue weighted by atomic mass is 10.1. The van der Waals surface area contributed by atoms with Crippen LogP contribution in [0.2, 0.25) is 5.02 Å². The molecule has 0 radical (unpaired) electrons. The molecule has 0 fully saturated rings. The Balaban J connectivity index is 1.44. The van der Waals surface area contributed by atoms with Crippen molar-refractivity contribution in [2.24, 2.45) is 0 Å². The lowest BCUT2D eigenvalue weighted by Crippen LogP contribution is -2.18. The number of anilines is 2. The highest BCUT2D eigenvalue weighted by atomic mass is 35.5. The maximum absolute atomic E-state index is 11.6. The van der Waals surface area contributed by atoms with Gasteiger partial charge in [0.1, 0.15) is 5.58 Å². The van der Waals surface area contributed by atoms with Gasteiger partial charge in [-0.05, 0) is 48.5 Å². The first-order valence-electron chi connectivity index (χ1n) is 8.86. The second-order valence-corrected chi connectivity index (χ2v) is 7.37. The smallest absolute Gasteiger partial charge is 0.336 e. The van der Waals surface area contributed by atoms with Crippen molar-refractivity contribution in [2.75, 3.05) is 10.6 Å². The third-order valence-corrected chi connectivity index (χ3v) is 4.96. The molecule has 0 spiro atoms. The van der Waals surface area contributed by atoms with E-state index in [1.54, 1.807) is 16.9 Å². The van der Waals surface area contributed by atoms with Crippen LogP contribution in [0.25, 0.3) is 11.0 Å². The third-order valence-electron chi connectivity index (χ3n) is 4.39. The van der Waals surface area contributed by atoms with E-state index in [-0.39, 0.29) is 5.63 Å². The topological polar surface area (TPSA) is 72.1 Å². The second-order valence-electron chi connectivity index (χ2n) is 6.56. The Morgan fingerprint density at radius 2 is 1.97 bits per heavy atom. The standard InChI is InChI=1S/C21H17ClN4O2S/c1-13-8-20(27)28-19-9-15(6-7-17(13)19)24-21(29)25-16-10-23-26(12-16)11-14-4-2-3-5-18(14)22/h2-10,12H,11H2,1H3,(H2,24,25,29). The van der Waals surface area contributed by atoms with E-state index in [1.165, 1.54) is 6.07 Å². The predicted molar refractivity (Wildman–Crippen MR) is 120 cm³/mol. The fourth-order valence-electron chi connectivity index (χ4n) is 3.01. The summed E-state index contributed by atoms with van der Waals surface area (Å²) in [5.74, 6) is 0. The summed E-state index contributed by atoms with van der Waals surface area (Å²) in [7, 11) is 0. The zero-order valence-electron chi connectivity index (χ0n) is 15.5. The van der Waals surface area contributed by atoms with Gasteiger partial charge in [-0.3, -0.25) is 4.68 Å². The summed E-state index contributed by atoms with van der Waals surface area (Å²) in [5.41, 5.74) is 3.45. The first-order chi connectivity index (χ1) is 14.0. The van der Waals surface area contributed by atoms with E-state index in [2.05, 4.69) is 15.7 Å². The number of benzene rings is 2. The maximum Gasteiger partial charge on any atom is 0.336 e. The van der Waals surface area contributed by atoms with Crippen LogP contribution < -0.4 is 16.3 Å². The zero-order valence-corrected chi connectivity index (χ0v) is 17.1. The van der Waals surface area contributed by atoms with Gasteiger partial charge in [-0.25, -0.2) is 4.79 Å². The minimum atomic E-state index is -0.376. The molecule has 4 aromatic rings. The van der Waals surface area contributed by atoms with Crippen molar-refractivity contribution in [2.45, 2.75) is 13.5 Å². The highest BCUT2D eigenvalue weighted by molar-refractivity contribution is 7.80. The average Bonchev–Trinajstić information content (AvgIpc) is 3.10. The van der Waals surface area contributed by atoms with Crippen LogP contribution in [0.15, 0.2) is 70.1 Å². The predicted octanol–water partition coefficient (Wildman–Crippen LogP) is 4.81. The molecule has 0 unspecified atom stereocenters. The van der Waals surface area contributed by atoms with Crippen molar-refractivity contribution >= 4 is 51.3 Å². The number of nitrogens with zero attached hydrogens (tertiary/aromatic N) is 2. The Morgan fingerprint density at radius 3 is 2.79 bits per heavy atom. The summed E-state index contributed by atoms with van der Waals surface area (Å²) >= 11 is 11.6. The van der Waals surface area contributed by atoms with Crippen molar-refractivity contribution in [3.05, 3.63) is 87.5 Å². The monoisotopic (exact) mass is 424 g/mol. The quantitative estimate of drug-likeness (QED) is 0.362. The van der Waals surface area contributed by atoms with Crippen molar-refractivity contribution in [3.63, 3.8) is 0 Å². The van der Waals surface area contributed by atoms with Gasteiger partial charge in [-0.1, -0.05) is 29.8 Å². The van der Waals surface area contributed by atoms with E-state index >= 15 is 0 Å². The molecule has 2 N–H and O–H groups in total. The Bertz CT molecular complexity index is 1270. The molecule has 29 heavy (non-hydrogen) atoms. The van der Waals surface area contributed by atoms with Crippen LogP contribution in [-0.2, 0) is 6.54 Å². The van der Waals surface area contributed by atoms with Crippen LogP contribution in [0, 0.1) is 6.92 Å². The van der Waals surface area contributed by atoms with E-state index < -0.39 is 0 Å². The first kappa shape index (κ1) is 19.2. The molecule has 0 amide bonds. The molecule has 0 bridgehead atoms. The number of nitrogens with one attached hydrogen (secondary N) is 2. The summed E-state index contributed by atoms with van der Waals surface area (Å²) in [6.07, 6.45) is 3.54. The summed E-state index contributed by atoms with van der Waals surface area (Å²) in [5, 5.41) is 12.5. The SMILES string of the molecule is Cc1cc(=O)oc2cc(NC(=S)Nc3cnn(Cc4ccccc4Cl)c3)ccc12. The van der Waals surface area contributed by atoms with Gasteiger partial charge in [-0.15, -0.1) is 0 Å². The van der Waals surface area contributed by atoms with Crippen LogP contribution in [-0.4, -0.2) is 14.9 Å². The molecule has 8 heteroatoms. The Kier molecular flexibility index (Phi) is 5.33. The van der Waals surface area contributed by atoms with Gasteiger partial charge in [-0.2, -0.15) is 5.10 Å². The lowest BCUT2D eigenvalue weighted by Gasteiger charge is -2.10. The van der Waals surface area contributed by atoms with Crippen molar-refractivity contribution in [1.82, 2.24) is 9.78 Å². The van der Waals surface area contributed by atoms with Crippen LogP contribution in [0.1, 0.15) is 11.1 Å². The molecule has 2 heterocycles. The largest absolute Gasteiger partial charge is 0.423 e. The molecule has 2 aromatic carbocycles. The summed E-state index contributed by atoms with van der Waals surface area (Å²) in [6, 6.07) is 14.6. The zero-order chi connectivity index (χ0) is 20.4. The Hall–Kier alpha value is -3.16. The molecule has 0 aliphatic heterocycles. The number of hydrogen-bond acceptors (Lipinski definition) is 4. The minimum Gasteiger partial charge on any atom is -0.423 e. The molecule has 0 atom stereocenters. The molecule has 0 saturated carbocycles. The van der Waals surface area contributed by atoms with Crippen molar-refractivity contribution in [3.8, 4) is 0 Å². The van der Waals surface area contributed by atoms with Crippen LogP contribution in [0.3, 0.4) is 0 Å². The van der Waals surface area contributed by atoms with E-state index in [9.17, 15) is 4.79 Å². The fourth-order valence-corrected chi connectivity index (χ4v) is 3.44. The van der Waals surface area contributed by atoms with E-state index in [1.807, 2.05) is 49.5 Å². The average molecular weight is 425 g/mol. The summed E-state index contributed by atoms with van der Waals surface area (Å²) in [4.78, 5) is 11.6. The number of aryl methyl sites for hydroxylation is 1. The molecular formula is C21H17ClN4O2S.